The second-order valence-corrected chi connectivity index (χ2v) is 16.7. The molecular weight excluding hydrogens is 771 g/mol. The number of rotatable bonds is 12. The van der Waals surface area contributed by atoms with E-state index >= 15 is 0 Å². The Morgan fingerprint density at radius 1 is 0.644 bits per heavy atom. The van der Waals surface area contributed by atoms with Gasteiger partial charge in [-0.05, 0) is 54.2 Å². The number of likely N-dealkylation sites (tertiary alicyclic amines) is 2. The number of hydrogen-bond acceptors (Lipinski definition) is 10. The zero-order valence-corrected chi connectivity index (χ0v) is 35.0. The Bertz CT molecular complexity index is 2110. The molecule has 5 heterocycles. The topological polar surface area (TPSA) is 188 Å². The summed E-state index contributed by atoms with van der Waals surface area (Å²) in [5.74, 6) is 0.946. The lowest BCUT2D eigenvalue weighted by atomic mass is 10.0. The van der Waals surface area contributed by atoms with Crippen LogP contribution in [-0.2, 0) is 19.1 Å². The molecule has 5 aromatic rings. The van der Waals surface area contributed by atoms with Gasteiger partial charge in [0.2, 0.25) is 11.8 Å². The fourth-order valence-corrected chi connectivity index (χ4v) is 8.77. The summed E-state index contributed by atoms with van der Waals surface area (Å²) in [5, 5.41) is 6.29. The third-order valence-corrected chi connectivity index (χ3v) is 12.2. The number of nitrogens with one attached hydrogen (secondary N) is 4. The lowest BCUT2D eigenvalue weighted by Crippen LogP contribution is -2.51. The Morgan fingerprint density at radius 3 is 1.49 bits per heavy atom. The number of amides is 4. The number of methoxy groups -OCH3 is 2. The molecule has 2 saturated heterocycles. The van der Waals surface area contributed by atoms with Crippen LogP contribution in [-0.4, -0.2) is 98.1 Å². The summed E-state index contributed by atoms with van der Waals surface area (Å²) in [4.78, 5) is 76.6. The third-order valence-electron chi connectivity index (χ3n) is 11.1. The molecule has 0 radical (unpaired) electrons. The molecule has 2 fully saturated rings. The van der Waals surface area contributed by atoms with E-state index in [1.807, 2.05) is 63.1 Å². The first-order valence-corrected chi connectivity index (χ1v) is 20.8. The maximum Gasteiger partial charge on any atom is 0.407 e. The zero-order chi connectivity index (χ0) is 41.8. The van der Waals surface area contributed by atoms with E-state index in [9.17, 15) is 19.2 Å². The van der Waals surface area contributed by atoms with Crippen LogP contribution >= 0.6 is 11.3 Å². The van der Waals surface area contributed by atoms with Crippen molar-refractivity contribution in [2.24, 2.45) is 11.8 Å². The van der Waals surface area contributed by atoms with Crippen molar-refractivity contribution in [3.05, 3.63) is 78.8 Å². The van der Waals surface area contributed by atoms with Crippen molar-refractivity contribution in [1.82, 2.24) is 45.4 Å². The zero-order valence-electron chi connectivity index (χ0n) is 34.2. The quantitative estimate of drug-likeness (QED) is 0.0999. The van der Waals surface area contributed by atoms with Crippen LogP contribution in [0.3, 0.4) is 0 Å². The van der Waals surface area contributed by atoms with E-state index in [-0.39, 0.29) is 35.7 Å². The largest absolute Gasteiger partial charge is 0.453 e. The first kappa shape index (κ1) is 41.1. The van der Waals surface area contributed by atoms with Crippen molar-refractivity contribution < 1.29 is 28.7 Å². The smallest absolute Gasteiger partial charge is 0.407 e. The third kappa shape index (κ3) is 8.87. The van der Waals surface area contributed by atoms with E-state index in [0.717, 1.165) is 80.9 Å². The van der Waals surface area contributed by atoms with E-state index in [1.54, 1.807) is 28.6 Å². The van der Waals surface area contributed by atoms with Gasteiger partial charge in [0.1, 0.15) is 28.7 Å². The van der Waals surface area contributed by atoms with Crippen molar-refractivity contribution in [3.8, 4) is 43.5 Å². The number of nitrogens with zero attached hydrogens (tertiary/aromatic N) is 5. The van der Waals surface area contributed by atoms with Crippen molar-refractivity contribution in [1.29, 1.82) is 0 Å². The minimum absolute atomic E-state index is 0.106. The van der Waals surface area contributed by atoms with Gasteiger partial charge in [-0.3, -0.25) is 9.59 Å². The van der Waals surface area contributed by atoms with Gasteiger partial charge < -0.3 is 39.9 Å². The molecule has 0 aliphatic carbocycles. The van der Waals surface area contributed by atoms with Gasteiger partial charge in [0.05, 0.1) is 55.0 Å². The Hall–Kier alpha value is -6.03. The summed E-state index contributed by atoms with van der Waals surface area (Å²) in [6.45, 7) is 8.79. The van der Waals surface area contributed by atoms with Crippen LogP contribution in [0.1, 0.15) is 77.1 Å². The highest BCUT2D eigenvalue weighted by atomic mass is 32.1. The molecule has 2 aliphatic heterocycles. The van der Waals surface area contributed by atoms with Crippen LogP contribution in [0.2, 0.25) is 0 Å². The minimum Gasteiger partial charge on any atom is -0.453 e. The standard InChI is InChI=1S/C43H51N9O6S/c1-24(2)35(49-42(55)57-5)40(53)51-19-7-9-32(51)37-44-21-30(47-37)26-11-15-28(16-12-26)34-23-46-39(59-34)29-17-13-27(14-18-29)31-22-45-38(48-31)33-10-8-20-52(33)41(54)36(25(3)4)50-43(56)58-6/h11-18,21-25,32-33,35-36H,7-10,19-20H2,1-6H3,(H,44,47)(H,45,48)(H,49,55)(H,50,56). The second kappa shape index (κ2) is 17.9. The van der Waals surface area contributed by atoms with Gasteiger partial charge in [0, 0.05) is 24.8 Å². The highest BCUT2D eigenvalue weighted by Gasteiger charge is 2.39. The number of ether oxygens (including phenoxy) is 2. The average Bonchev–Trinajstić information content (AvgIpc) is 4.10. The molecule has 4 unspecified atom stereocenters. The number of aromatic nitrogens is 5. The summed E-state index contributed by atoms with van der Waals surface area (Å²) < 4.78 is 9.52. The number of alkyl carbamates (subject to hydrolysis) is 2. The van der Waals surface area contributed by atoms with E-state index in [0.29, 0.717) is 13.1 Å². The first-order valence-electron chi connectivity index (χ1n) is 20.0. The van der Waals surface area contributed by atoms with Crippen LogP contribution in [0.5, 0.6) is 0 Å². The maximum atomic E-state index is 13.5. The Balaban J connectivity index is 0.989. The van der Waals surface area contributed by atoms with Gasteiger partial charge >= 0.3 is 12.2 Å². The molecule has 2 aromatic carbocycles. The molecule has 3 aromatic heterocycles. The number of imidazole rings is 2. The van der Waals surface area contributed by atoms with E-state index in [1.165, 1.54) is 14.2 Å². The monoisotopic (exact) mass is 821 g/mol. The number of H-pyrrole nitrogens is 2. The SMILES string of the molecule is COC(=O)NC(C(=O)N1CCCC1c1ncc(-c2ccc(-c3cnc(-c4ccc(-c5cnc(C6CCCN6C(=O)C(NC(=O)OC)C(C)C)[nH]5)cc4)s3)cc2)[nH]1)C(C)C. The lowest BCUT2D eigenvalue weighted by molar-refractivity contribution is -0.136. The van der Waals surface area contributed by atoms with Crippen LogP contribution in [0.4, 0.5) is 9.59 Å². The van der Waals surface area contributed by atoms with Gasteiger partial charge in [-0.15, -0.1) is 11.3 Å². The number of benzene rings is 2. The van der Waals surface area contributed by atoms with Gasteiger partial charge in [-0.25, -0.2) is 24.5 Å². The summed E-state index contributed by atoms with van der Waals surface area (Å²) in [6, 6.07) is 14.6. The first-order chi connectivity index (χ1) is 28.4. The molecule has 2 aliphatic rings. The van der Waals surface area contributed by atoms with Crippen LogP contribution < -0.4 is 10.6 Å². The summed E-state index contributed by atoms with van der Waals surface area (Å²) in [7, 11) is 2.58. The minimum atomic E-state index is -0.690. The van der Waals surface area contributed by atoms with Gasteiger partial charge in [-0.1, -0.05) is 76.2 Å². The molecule has 0 bridgehead atoms. The highest BCUT2D eigenvalue weighted by molar-refractivity contribution is 7.18. The average molecular weight is 822 g/mol. The number of aromatic amines is 2. The number of hydrogen-bond donors (Lipinski definition) is 4. The van der Waals surface area contributed by atoms with E-state index in [2.05, 4.69) is 54.8 Å². The van der Waals surface area contributed by atoms with Gasteiger partial charge in [-0.2, -0.15) is 0 Å². The molecule has 4 amide bonds. The fourth-order valence-electron chi connectivity index (χ4n) is 7.84. The number of thiazole rings is 1. The molecule has 16 heteroatoms. The molecule has 4 N–H and O–H groups in total. The highest BCUT2D eigenvalue weighted by Crippen LogP contribution is 2.37. The van der Waals surface area contributed by atoms with Crippen LogP contribution in [0, 0.1) is 11.8 Å². The molecular formula is C43H51N9O6S. The van der Waals surface area contributed by atoms with Crippen molar-refractivity contribution in [2.45, 2.75) is 77.5 Å². The lowest BCUT2D eigenvalue weighted by Gasteiger charge is -2.30. The molecule has 0 spiro atoms. The molecule has 7 rings (SSSR count). The summed E-state index contributed by atoms with van der Waals surface area (Å²) in [5.41, 5.74) is 5.69. The van der Waals surface area contributed by atoms with Gasteiger partial charge in [0.25, 0.3) is 0 Å². The maximum absolute atomic E-state index is 13.5. The number of carbonyl (C=O) groups is 4. The molecule has 0 saturated carbocycles. The Labute approximate surface area is 347 Å². The fraction of sp³-hybridized carbons (Fsp3) is 0.419. The normalized spacial score (nSPS) is 17.6. The molecule has 59 heavy (non-hydrogen) atoms. The Morgan fingerprint density at radius 2 is 1.07 bits per heavy atom. The Kier molecular flexibility index (Phi) is 12.4. The summed E-state index contributed by atoms with van der Waals surface area (Å²) >= 11 is 1.61. The predicted molar refractivity (Wildman–Crippen MR) is 224 cm³/mol. The van der Waals surface area contributed by atoms with Crippen LogP contribution in [0.25, 0.3) is 43.5 Å². The predicted octanol–water partition coefficient (Wildman–Crippen LogP) is 7.35. The number of carbonyl (C=O) groups excluding carboxylic acids is 4. The molecule has 15 nitrogen and oxygen atoms in total. The van der Waals surface area contributed by atoms with Crippen molar-refractivity contribution in [2.75, 3.05) is 27.3 Å². The van der Waals surface area contributed by atoms with Crippen LogP contribution in [0.15, 0.2) is 67.1 Å². The summed E-state index contributed by atoms with van der Waals surface area (Å²) in [6.07, 6.45) is 7.49. The van der Waals surface area contributed by atoms with Crippen molar-refractivity contribution in [3.63, 3.8) is 0 Å². The molecule has 310 valence electrons. The van der Waals surface area contributed by atoms with Crippen molar-refractivity contribution >= 4 is 35.3 Å². The van der Waals surface area contributed by atoms with Gasteiger partial charge in [0.15, 0.2) is 0 Å². The van der Waals surface area contributed by atoms with E-state index < -0.39 is 24.3 Å². The second-order valence-electron chi connectivity index (χ2n) is 15.6. The molecule has 4 atom stereocenters. The van der Waals surface area contributed by atoms with E-state index in [4.69, 9.17) is 14.5 Å².